The lowest BCUT2D eigenvalue weighted by molar-refractivity contribution is -0.137. The average molecular weight is 403 g/mol. The molecule has 152 valence electrons. The van der Waals surface area contributed by atoms with E-state index in [1.165, 1.54) is 16.8 Å². The van der Waals surface area contributed by atoms with Crippen molar-refractivity contribution in [3.05, 3.63) is 76.6 Å². The Morgan fingerprint density at radius 3 is 2.45 bits per heavy atom. The second-order valence-corrected chi connectivity index (χ2v) is 6.66. The van der Waals surface area contributed by atoms with Crippen LogP contribution in [0.15, 0.2) is 48.5 Å². The van der Waals surface area contributed by atoms with E-state index in [1.807, 2.05) is 19.1 Å². The molecule has 0 saturated heterocycles. The van der Waals surface area contributed by atoms with E-state index in [4.69, 9.17) is 4.74 Å². The second-order valence-electron chi connectivity index (χ2n) is 6.66. The third kappa shape index (κ3) is 4.77. The Morgan fingerprint density at radius 1 is 1.10 bits per heavy atom. The van der Waals surface area contributed by atoms with Crippen LogP contribution in [-0.2, 0) is 12.9 Å². The van der Waals surface area contributed by atoms with Crippen molar-refractivity contribution in [3.63, 3.8) is 0 Å². The SMILES string of the molecule is Cc1ccc(C(=O)Nc2c(C)nn(COc3cccc(C(F)(F)F)c3)c2C)cc1. The van der Waals surface area contributed by atoms with Crippen molar-refractivity contribution in [2.45, 2.75) is 33.7 Å². The third-order valence-electron chi connectivity index (χ3n) is 4.45. The maximum atomic E-state index is 12.8. The highest BCUT2D eigenvalue weighted by molar-refractivity contribution is 6.04. The summed E-state index contributed by atoms with van der Waals surface area (Å²) in [5, 5.41) is 7.15. The van der Waals surface area contributed by atoms with E-state index in [9.17, 15) is 18.0 Å². The molecule has 2 aromatic carbocycles. The number of aryl methyl sites for hydroxylation is 2. The predicted molar refractivity (Wildman–Crippen MR) is 103 cm³/mol. The quantitative estimate of drug-likeness (QED) is 0.644. The fraction of sp³-hybridized carbons (Fsp3) is 0.238. The van der Waals surface area contributed by atoms with Gasteiger partial charge in [-0.3, -0.25) is 4.79 Å². The van der Waals surface area contributed by atoms with Gasteiger partial charge in [-0.1, -0.05) is 23.8 Å². The first-order valence-corrected chi connectivity index (χ1v) is 8.87. The smallest absolute Gasteiger partial charge is 0.416 e. The van der Waals surface area contributed by atoms with Gasteiger partial charge in [0.2, 0.25) is 0 Å². The number of alkyl halides is 3. The molecule has 0 unspecified atom stereocenters. The van der Waals surface area contributed by atoms with Gasteiger partial charge in [0.15, 0.2) is 6.73 Å². The fourth-order valence-corrected chi connectivity index (χ4v) is 2.79. The van der Waals surface area contributed by atoms with Crippen LogP contribution >= 0.6 is 0 Å². The van der Waals surface area contributed by atoms with Gasteiger partial charge in [-0.05, 0) is 51.1 Å². The molecule has 1 N–H and O–H groups in total. The van der Waals surface area contributed by atoms with Gasteiger partial charge >= 0.3 is 6.18 Å². The number of hydrogen-bond donors (Lipinski definition) is 1. The van der Waals surface area contributed by atoms with Crippen LogP contribution in [0.2, 0.25) is 0 Å². The van der Waals surface area contributed by atoms with Crippen molar-refractivity contribution >= 4 is 11.6 Å². The molecule has 0 atom stereocenters. The maximum absolute atomic E-state index is 12.8. The van der Waals surface area contributed by atoms with Gasteiger partial charge in [0.05, 0.1) is 22.6 Å². The molecule has 5 nitrogen and oxygen atoms in total. The van der Waals surface area contributed by atoms with Gasteiger partial charge in [0, 0.05) is 5.56 Å². The summed E-state index contributed by atoms with van der Waals surface area (Å²) in [6.07, 6.45) is -4.44. The lowest BCUT2D eigenvalue weighted by atomic mass is 10.1. The number of anilines is 1. The normalized spacial score (nSPS) is 11.4. The molecule has 1 amide bonds. The molecule has 8 heteroatoms. The van der Waals surface area contributed by atoms with E-state index in [2.05, 4.69) is 10.4 Å². The molecule has 0 aliphatic heterocycles. The first-order valence-electron chi connectivity index (χ1n) is 8.87. The maximum Gasteiger partial charge on any atom is 0.416 e. The molecule has 0 aliphatic rings. The standard InChI is InChI=1S/C21H20F3N3O2/c1-13-7-9-16(10-8-13)20(28)25-19-14(2)26-27(15(19)3)12-29-18-6-4-5-17(11-18)21(22,23)24/h4-11H,12H2,1-3H3,(H,25,28). The van der Waals surface area contributed by atoms with Crippen molar-refractivity contribution in [1.82, 2.24) is 9.78 Å². The van der Waals surface area contributed by atoms with Gasteiger partial charge in [0.1, 0.15) is 5.75 Å². The Bertz CT molecular complexity index is 1020. The summed E-state index contributed by atoms with van der Waals surface area (Å²) in [7, 11) is 0. The van der Waals surface area contributed by atoms with Crippen LogP contribution < -0.4 is 10.1 Å². The van der Waals surface area contributed by atoms with Crippen molar-refractivity contribution in [2.75, 3.05) is 5.32 Å². The van der Waals surface area contributed by atoms with Crippen LogP contribution in [0.4, 0.5) is 18.9 Å². The minimum atomic E-state index is -4.44. The number of rotatable bonds is 5. The molecule has 0 fully saturated rings. The number of amides is 1. The predicted octanol–water partition coefficient (Wildman–Crippen LogP) is 5.12. The molecular formula is C21H20F3N3O2. The van der Waals surface area contributed by atoms with Gasteiger partial charge < -0.3 is 10.1 Å². The number of carbonyl (C=O) groups is 1. The minimum Gasteiger partial charge on any atom is -0.471 e. The van der Waals surface area contributed by atoms with E-state index in [1.54, 1.807) is 26.0 Å². The summed E-state index contributed by atoms with van der Waals surface area (Å²) in [5.41, 5.74) is 2.54. The Morgan fingerprint density at radius 2 is 1.79 bits per heavy atom. The summed E-state index contributed by atoms with van der Waals surface area (Å²) in [4.78, 5) is 12.5. The molecule has 0 spiro atoms. The van der Waals surface area contributed by atoms with Crippen molar-refractivity contribution in [2.24, 2.45) is 0 Å². The Labute approximate surface area is 166 Å². The molecule has 1 aromatic heterocycles. The molecule has 3 aromatic rings. The lowest BCUT2D eigenvalue weighted by Gasteiger charge is -2.11. The van der Waals surface area contributed by atoms with Gasteiger partial charge in [0.25, 0.3) is 5.91 Å². The number of hydrogen-bond acceptors (Lipinski definition) is 3. The summed E-state index contributed by atoms with van der Waals surface area (Å²) < 4.78 is 45.4. The topological polar surface area (TPSA) is 56.2 Å². The highest BCUT2D eigenvalue weighted by Gasteiger charge is 2.30. The first-order chi connectivity index (χ1) is 13.6. The van der Waals surface area contributed by atoms with E-state index in [0.29, 0.717) is 22.6 Å². The minimum absolute atomic E-state index is 0.0811. The molecule has 0 saturated carbocycles. The summed E-state index contributed by atoms with van der Waals surface area (Å²) >= 11 is 0. The molecule has 0 radical (unpaired) electrons. The zero-order valence-corrected chi connectivity index (χ0v) is 16.2. The highest BCUT2D eigenvalue weighted by Crippen LogP contribution is 2.31. The molecule has 1 heterocycles. The van der Waals surface area contributed by atoms with Crippen LogP contribution in [0.3, 0.4) is 0 Å². The van der Waals surface area contributed by atoms with Gasteiger partial charge in [-0.2, -0.15) is 18.3 Å². The van der Waals surface area contributed by atoms with E-state index in [0.717, 1.165) is 17.7 Å². The number of ether oxygens (including phenoxy) is 1. The largest absolute Gasteiger partial charge is 0.471 e. The fourth-order valence-electron chi connectivity index (χ4n) is 2.79. The zero-order chi connectivity index (χ0) is 21.2. The van der Waals surface area contributed by atoms with E-state index < -0.39 is 11.7 Å². The van der Waals surface area contributed by atoms with Gasteiger partial charge in [-0.15, -0.1) is 0 Å². The Balaban J connectivity index is 1.73. The zero-order valence-electron chi connectivity index (χ0n) is 16.2. The van der Waals surface area contributed by atoms with Crippen LogP contribution in [0.1, 0.15) is 32.9 Å². The number of halogens is 3. The molecule has 0 aliphatic carbocycles. The summed E-state index contributed by atoms with van der Waals surface area (Å²) in [6, 6.07) is 11.8. The van der Waals surface area contributed by atoms with Crippen molar-refractivity contribution in [3.8, 4) is 5.75 Å². The summed E-state index contributed by atoms with van der Waals surface area (Å²) in [6.45, 7) is 5.33. The van der Waals surface area contributed by atoms with Crippen molar-refractivity contribution < 1.29 is 22.7 Å². The highest BCUT2D eigenvalue weighted by atomic mass is 19.4. The van der Waals surface area contributed by atoms with Crippen LogP contribution in [0.25, 0.3) is 0 Å². The number of aromatic nitrogens is 2. The number of benzene rings is 2. The van der Waals surface area contributed by atoms with Gasteiger partial charge in [-0.25, -0.2) is 4.68 Å². The Kier molecular flexibility index (Phi) is 5.63. The number of carbonyl (C=O) groups excluding carboxylic acids is 1. The Hall–Kier alpha value is -3.29. The van der Waals surface area contributed by atoms with Crippen molar-refractivity contribution in [1.29, 1.82) is 0 Å². The molecule has 0 bridgehead atoms. The van der Waals surface area contributed by atoms with Crippen LogP contribution in [-0.4, -0.2) is 15.7 Å². The van der Waals surface area contributed by atoms with E-state index in [-0.39, 0.29) is 18.4 Å². The molecule has 3 rings (SSSR count). The van der Waals surface area contributed by atoms with Crippen LogP contribution in [0, 0.1) is 20.8 Å². The number of nitrogens with zero attached hydrogens (tertiary/aromatic N) is 2. The second kappa shape index (κ2) is 7.98. The monoisotopic (exact) mass is 403 g/mol. The lowest BCUT2D eigenvalue weighted by Crippen LogP contribution is -2.14. The third-order valence-corrected chi connectivity index (χ3v) is 4.45. The average Bonchev–Trinajstić information content (AvgIpc) is 2.94. The molecular weight excluding hydrogens is 383 g/mol. The molecule has 29 heavy (non-hydrogen) atoms. The summed E-state index contributed by atoms with van der Waals surface area (Å²) in [5.74, 6) is -0.188. The first kappa shape index (κ1) is 20.4. The van der Waals surface area contributed by atoms with Crippen LogP contribution in [0.5, 0.6) is 5.75 Å². The van der Waals surface area contributed by atoms with E-state index >= 15 is 0 Å². The number of nitrogens with one attached hydrogen (secondary N) is 1.